The number of hydrogen-bond donors (Lipinski definition) is 1. The highest BCUT2D eigenvalue weighted by atomic mass is 35.5. The number of hydrogen-bond acceptors (Lipinski definition) is 6. The molecule has 1 aromatic rings. The van der Waals surface area contributed by atoms with Crippen LogP contribution in [0, 0.1) is 0 Å². The van der Waals surface area contributed by atoms with Crippen molar-refractivity contribution < 1.29 is 19.2 Å². The van der Waals surface area contributed by atoms with Crippen LogP contribution in [0.2, 0.25) is 5.02 Å². The van der Waals surface area contributed by atoms with Gasteiger partial charge in [0.2, 0.25) is 0 Å². The first kappa shape index (κ1) is 18.0. The molecule has 2 aliphatic rings. The molecule has 2 heterocycles. The highest BCUT2D eigenvalue weighted by Crippen LogP contribution is 2.35. The van der Waals surface area contributed by atoms with Gasteiger partial charge < -0.3 is 9.57 Å². The number of hydroxylamine groups is 3. The number of halogens is 1. The Morgan fingerprint density at radius 2 is 1.88 bits per heavy atom. The number of carbonyl (C=O) groups is 1. The first-order valence-electron chi connectivity index (χ1n) is 8.33. The molecule has 0 aromatic heterocycles. The smallest absolute Gasteiger partial charge is 0.427 e. The summed E-state index contributed by atoms with van der Waals surface area (Å²) in [5.41, 5.74) is 4.00. The Hall–Kier alpha value is -1.76. The van der Waals surface area contributed by atoms with Gasteiger partial charge in [0, 0.05) is 18.1 Å². The molecule has 0 atom stereocenters. The average molecular weight is 367 g/mol. The second-order valence-electron chi connectivity index (χ2n) is 7.32. The molecule has 0 bridgehead atoms. The van der Waals surface area contributed by atoms with Gasteiger partial charge >= 0.3 is 6.16 Å². The van der Waals surface area contributed by atoms with Gasteiger partial charge in [0.25, 0.3) is 0 Å². The maximum absolute atomic E-state index is 11.8. The lowest BCUT2D eigenvalue weighted by Gasteiger charge is -2.35. The molecule has 0 unspecified atom stereocenters. The van der Waals surface area contributed by atoms with E-state index in [1.165, 1.54) is 0 Å². The lowest BCUT2D eigenvalue weighted by atomic mass is 9.91. The van der Waals surface area contributed by atoms with Crippen LogP contribution in [0.15, 0.2) is 30.3 Å². The topological polar surface area (TPSA) is 60.0 Å². The predicted molar refractivity (Wildman–Crippen MR) is 94.5 cm³/mol. The Morgan fingerprint density at radius 3 is 2.48 bits per heavy atom. The van der Waals surface area contributed by atoms with E-state index in [-0.39, 0.29) is 5.60 Å². The van der Waals surface area contributed by atoms with Gasteiger partial charge in [-0.15, -0.1) is 5.06 Å². The SMILES string of the molecule is CC(C)(C)OC(=O)ON1CCC2(C=C(c3ccc(Cl)cc3)NO2)CC1. The fourth-order valence-corrected chi connectivity index (χ4v) is 2.95. The zero-order valence-electron chi connectivity index (χ0n) is 14.7. The van der Waals surface area contributed by atoms with Crippen LogP contribution in [0.25, 0.3) is 5.70 Å². The minimum Gasteiger partial charge on any atom is -0.427 e. The molecule has 1 N–H and O–H groups in total. The first-order chi connectivity index (χ1) is 11.7. The zero-order valence-corrected chi connectivity index (χ0v) is 15.4. The molecule has 0 radical (unpaired) electrons. The lowest BCUT2D eigenvalue weighted by molar-refractivity contribution is -0.179. The second-order valence-corrected chi connectivity index (χ2v) is 7.75. The molecular weight excluding hydrogens is 344 g/mol. The van der Waals surface area contributed by atoms with Gasteiger partial charge in [0.15, 0.2) is 0 Å². The number of benzene rings is 1. The maximum Gasteiger partial charge on any atom is 0.528 e. The zero-order chi connectivity index (χ0) is 18.1. The summed E-state index contributed by atoms with van der Waals surface area (Å²) in [6.45, 7) is 6.57. The first-order valence-corrected chi connectivity index (χ1v) is 8.71. The van der Waals surface area contributed by atoms with Gasteiger partial charge in [-0.3, -0.25) is 10.3 Å². The van der Waals surface area contributed by atoms with E-state index in [4.69, 9.17) is 26.0 Å². The number of ether oxygens (including phenoxy) is 1. The van der Waals surface area contributed by atoms with Crippen LogP contribution in [0.1, 0.15) is 39.2 Å². The summed E-state index contributed by atoms with van der Waals surface area (Å²) >= 11 is 5.93. The Kier molecular flexibility index (Phi) is 4.95. The van der Waals surface area contributed by atoms with E-state index in [0.717, 1.165) is 11.3 Å². The van der Waals surface area contributed by atoms with E-state index >= 15 is 0 Å². The van der Waals surface area contributed by atoms with Crippen LogP contribution >= 0.6 is 11.6 Å². The van der Waals surface area contributed by atoms with E-state index in [1.54, 1.807) is 25.8 Å². The molecule has 1 aromatic carbocycles. The van der Waals surface area contributed by atoms with Crippen LogP contribution in [-0.2, 0) is 14.4 Å². The van der Waals surface area contributed by atoms with Crippen molar-refractivity contribution in [2.24, 2.45) is 0 Å². The minimum absolute atomic E-state index is 0.386. The lowest BCUT2D eigenvalue weighted by Crippen LogP contribution is -2.45. The molecule has 7 heteroatoms. The minimum atomic E-state index is -0.675. The van der Waals surface area contributed by atoms with Crippen molar-refractivity contribution in [3.8, 4) is 0 Å². The molecule has 0 saturated carbocycles. The summed E-state index contributed by atoms with van der Waals surface area (Å²) in [6.07, 6.45) is 2.84. The summed E-state index contributed by atoms with van der Waals surface area (Å²) in [4.78, 5) is 22.8. The van der Waals surface area contributed by atoms with Crippen molar-refractivity contribution in [1.82, 2.24) is 10.5 Å². The van der Waals surface area contributed by atoms with Crippen LogP contribution in [-0.4, -0.2) is 35.5 Å². The van der Waals surface area contributed by atoms with Gasteiger partial charge in [0.05, 0.1) is 5.70 Å². The number of nitrogens with one attached hydrogen (secondary N) is 1. The van der Waals surface area contributed by atoms with Crippen molar-refractivity contribution in [3.05, 3.63) is 40.9 Å². The molecule has 3 rings (SSSR count). The van der Waals surface area contributed by atoms with Crippen molar-refractivity contribution in [2.75, 3.05) is 13.1 Å². The van der Waals surface area contributed by atoms with E-state index in [0.29, 0.717) is 31.0 Å². The monoisotopic (exact) mass is 366 g/mol. The molecule has 2 aliphatic heterocycles. The van der Waals surface area contributed by atoms with Gasteiger partial charge in [-0.1, -0.05) is 23.7 Å². The molecular formula is C18H23ClN2O4. The van der Waals surface area contributed by atoms with Crippen LogP contribution in [0.4, 0.5) is 4.79 Å². The third kappa shape index (κ3) is 4.66. The van der Waals surface area contributed by atoms with Crippen LogP contribution < -0.4 is 5.48 Å². The molecule has 25 heavy (non-hydrogen) atoms. The summed E-state index contributed by atoms with van der Waals surface area (Å²) in [7, 11) is 0. The summed E-state index contributed by atoms with van der Waals surface area (Å²) in [5.74, 6) is 0. The fourth-order valence-electron chi connectivity index (χ4n) is 2.83. The largest absolute Gasteiger partial charge is 0.528 e. The quantitative estimate of drug-likeness (QED) is 0.800. The van der Waals surface area contributed by atoms with Crippen molar-refractivity contribution in [1.29, 1.82) is 0 Å². The van der Waals surface area contributed by atoms with Gasteiger partial charge in [-0.25, -0.2) is 4.79 Å². The molecule has 1 fully saturated rings. The number of rotatable bonds is 2. The van der Waals surface area contributed by atoms with Gasteiger partial charge in [-0.05, 0) is 57.4 Å². The predicted octanol–water partition coefficient (Wildman–Crippen LogP) is 3.92. The summed E-state index contributed by atoms with van der Waals surface area (Å²) in [6, 6.07) is 7.60. The number of carbonyl (C=O) groups excluding carboxylic acids is 1. The number of nitrogens with zero attached hydrogens (tertiary/aromatic N) is 1. The summed E-state index contributed by atoms with van der Waals surface area (Å²) < 4.78 is 5.17. The van der Waals surface area contributed by atoms with Gasteiger partial charge in [-0.2, -0.15) is 0 Å². The van der Waals surface area contributed by atoms with Crippen LogP contribution in [0.3, 0.4) is 0 Å². The molecule has 1 spiro atoms. The normalized spacial score (nSPS) is 20.1. The molecule has 0 aliphatic carbocycles. The second kappa shape index (κ2) is 6.86. The maximum atomic E-state index is 11.8. The van der Waals surface area contributed by atoms with Crippen molar-refractivity contribution in [2.45, 2.75) is 44.8 Å². The molecule has 136 valence electrons. The molecule has 0 amide bonds. The summed E-state index contributed by atoms with van der Waals surface area (Å²) in [5, 5.41) is 2.32. The number of piperidine rings is 1. The highest BCUT2D eigenvalue weighted by molar-refractivity contribution is 6.30. The standard InChI is InChI=1S/C18H23ClN2O4/c1-17(2,3)23-16(22)24-21-10-8-18(9-11-21)12-15(20-25-18)13-4-6-14(19)7-5-13/h4-7,12,20H,8-11H2,1-3H3. The average Bonchev–Trinajstić information content (AvgIpc) is 2.93. The Labute approximate surface area is 152 Å². The third-order valence-electron chi connectivity index (χ3n) is 4.09. The Balaban J connectivity index is 1.57. The Morgan fingerprint density at radius 1 is 1.24 bits per heavy atom. The van der Waals surface area contributed by atoms with E-state index < -0.39 is 11.8 Å². The van der Waals surface area contributed by atoms with Crippen molar-refractivity contribution in [3.63, 3.8) is 0 Å². The van der Waals surface area contributed by atoms with E-state index in [2.05, 4.69) is 11.6 Å². The van der Waals surface area contributed by atoms with E-state index in [1.807, 2.05) is 24.3 Å². The van der Waals surface area contributed by atoms with Gasteiger partial charge in [0.1, 0.15) is 11.2 Å². The van der Waals surface area contributed by atoms with Crippen molar-refractivity contribution >= 4 is 23.5 Å². The molecule has 6 nitrogen and oxygen atoms in total. The third-order valence-corrected chi connectivity index (χ3v) is 4.34. The Bertz CT molecular complexity index is 659. The fraction of sp³-hybridized carbons (Fsp3) is 0.500. The molecule has 1 saturated heterocycles. The van der Waals surface area contributed by atoms with Crippen LogP contribution in [0.5, 0.6) is 0 Å². The van der Waals surface area contributed by atoms with E-state index in [9.17, 15) is 4.79 Å². The highest BCUT2D eigenvalue weighted by Gasteiger charge is 2.40.